The molecule has 5 nitrogen and oxygen atoms in total. The summed E-state index contributed by atoms with van der Waals surface area (Å²) in [7, 11) is 0. The fourth-order valence-electron chi connectivity index (χ4n) is 1.84. The average Bonchev–Trinajstić information content (AvgIpc) is 3.05. The Morgan fingerprint density at radius 2 is 2.28 bits per heavy atom. The molecule has 2 heterocycles. The minimum atomic E-state index is -0.107. The molecule has 5 heteroatoms. The number of carbonyl (C=O) groups excluding carboxylic acids is 1. The molecule has 0 atom stereocenters. The Labute approximate surface area is 103 Å². The quantitative estimate of drug-likeness (QED) is 0.653. The molecule has 0 saturated heterocycles. The van der Waals surface area contributed by atoms with Crippen LogP contribution in [0.4, 0.5) is 0 Å². The van der Waals surface area contributed by atoms with Gasteiger partial charge in [0.1, 0.15) is 5.69 Å². The van der Waals surface area contributed by atoms with Crippen molar-refractivity contribution in [2.24, 2.45) is 0 Å². The molecule has 0 unspecified atom stereocenters. The molecule has 0 aliphatic carbocycles. The number of hydrogen-bond donors (Lipinski definition) is 3. The van der Waals surface area contributed by atoms with E-state index in [1.165, 1.54) is 0 Å². The van der Waals surface area contributed by atoms with E-state index in [0.717, 1.165) is 16.5 Å². The largest absolute Gasteiger partial charge is 0.357 e. The molecule has 0 fully saturated rings. The number of amides is 1. The van der Waals surface area contributed by atoms with E-state index >= 15 is 0 Å². The van der Waals surface area contributed by atoms with Gasteiger partial charge in [0.2, 0.25) is 0 Å². The number of H-pyrrole nitrogens is 2. The van der Waals surface area contributed by atoms with E-state index < -0.39 is 0 Å². The molecule has 0 radical (unpaired) electrons. The van der Waals surface area contributed by atoms with Crippen molar-refractivity contribution in [2.75, 3.05) is 0 Å². The molecule has 3 N–H and O–H groups in total. The summed E-state index contributed by atoms with van der Waals surface area (Å²) in [5.41, 5.74) is 2.57. The van der Waals surface area contributed by atoms with Crippen molar-refractivity contribution in [3.8, 4) is 0 Å². The predicted molar refractivity (Wildman–Crippen MR) is 68.1 cm³/mol. The van der Waals surface area contributed by atoms with Crippen LogP contribution >= 0.6 is 0 Å². The van der Waals surface area contributed by atoms with Crippen LogP contribution in [0.5, 0.6) is 0 Å². The maximum Gasteiger partial charge on any atom is 0.267 e. The Kier molecular flexibility index (Phi) is 2.57. The van der Waals surface area contributed by atoms with Crippen LogP contribution < -0.4 is 5.32 Å². The minimum Gasteiger partial charge on any atom is -0.357 e. The highest BCUT2D eigenvalue weighted by molar-refractivity contribution is 5.92. The molecule has 90 valence electrons. The summed E-state index contributed by atoms with van der Waals surface area (Å²) < 4.78 is 0. The number of rotatable bonds is 3. The van der Waals surface area contributed by atoms with Gasteiger partial charge in [0, 0.05) is 18.1 Å². The summed E-state index contributed by atoms with van der Waals surface area (Å²) in [6, 6.07) is 9.48. The van der Waals surface area contributed by atoms with Gasteiger partial charge in [0.05, 0.1) is 11.7 Å². The second-order valence-corrected chi connectivity index (χ2v) is 4.06. The van der Waals surface area contributed by atoms with Gasteiger partial charge in [0.25, 0.3) is 5.91 Å². The first-order valence-corrected chi connectivity index (χ1v) is 5.66. The van der Waals surface area contributed by atoms with E-state index in [-0.39, 0.29) is 5.91 Å². The highest BCUT2D eigenvalue weighted by Crippen LogP contribution is 2.12. The molecule has 0 saturated carbocycles. The maximum absolute atomic E-state index is 11.7. The number of aromatic amines is 2. The number of nitrogens with one attached hydrogen (secondary N) is 3. The van der Waals surface area contributed by atoms with Crippen LogP contribution in [0.15, 0.2) is 42.7 Å². The van der Waals surface area contributed by atoms with Crippen LogP contribution in [-0.2, 0) is 6.54 Å². The molecule has 0 spiro atoms. The normalized spacial score (nSPS) is 10.7. The third-order valence-electron chi connectivity index (χ3n) is 2.80. The second kappa shape index (κ2) is 4.37. The first-order valence-electron chi connectivity index (χ1n) is 5.66. The Bertz CT molecular complexity index is 669. The molecule has 18 heavy (non-hydrogen) atoms. The van der Waals surface area contributed by atoms with Crippen molar-refractivity contribution in [2.45, 2.75) is 6.54 Å². The van der Waals surface area contributed by atoms with Crippen molar-refractivity contribution in [3.05, 3.63) is 54.0 Å². The Morgan fingerprint density at radius 3 is 3.11 bits per heavy atom. The van der Waals surface area contributed by atoms with Gasteiger partial charge in [-0.25, -0.2) is 0 Å². The lowest BCUT2D eigenvalue weighted by atomic mass is 10.1. The second-order valence-electron chi connectivity index (χ2n) is 4.06. The van der Waals surface area contributed by atoms with Gasteiger partial charge in [-0.05, 0) is 23.8 Å². The molecule has 3 aromatic rings. The summed E-state index contributed by atoms with van der Waals surface area (Å²) in [5, 5.41) is 10.8. The summed E-state index contributed by atoms with van der Waals surface area (Å²) in [5.74, 6) is -0.107. The third-order valence-corrected chi connectivity index (χ3v) is 2.80. The van der Waals surface area contributed by atoms with Crippen molar-refractivity contribution in [3.63, 3.8) is 0 Å². The number of fused-ring (bicyclic) bond motifs is 1. The Hall–Kier alpha value is -2.56. The minimum absolute atomic E-state index is 0.107. The number of benzene rings is 1. The third kappa shape index (κ3) is 1.98. The molecular weight excluding hydrogens is 228 g/mol. The molecule has 0 aliphatic heterocycles. The average molecular weight is 240 g/mol. The van der Waals surface area contributed by atoms with Gasteiger partial charge in [-0.1, -0.05) is 12.1 Å². The van der Waals surface area contributed by atoms with E-state index in [1.54, 1.807) is 24.5 Å². The van der Waals surface area contributed by atoms with Gasteiger partial charge < -0.3 is 10.3 Å². The standard InChI is InChI=1S/C13H12N4O/c18-13(11-2-1-5-14-11)15-7-9-3-4-10-8-16-17-12(10)6-9/h1-6,8,14H,7H2,(H,15,18)(H,16,17). The van der Waals surface area contributed by atoms with Crippen LogP contribution in [0.25, 0.3) is 10.9 Å². The van der Waals surface area contributed by atoms with Crippen LogP contribution in [0.3, 0.4) is 0 Å². The smallest absolute Gasteiger partial charge is 0.267 e. The van der Waals surface area contributed by atoms with Gasteiger partial charge in [0.15, 0.2) is 0 Å². The lowest BCUT2D eigenvalue weighted by Gasteiger charge is -2.04. The van der Waals surface area contributed by atoms with Crippen molar-refractivity contribution < 1.29 is 4.79 Å². The number of carbonyl (C=O) groups is 1. The summed E-state index contributed by atoms with van der Waals surface area (Å²) in [4.78, 5) is 14.6. The van der Waals surface area contributed by atoms with Crippen molar-refractivity contribution in [1.29, 1.82) is 0 Å². The zero-order valence-electron chi connectivity index (χ0n) is 9.60. The van der Waals surface area contributed by atoms with Gasteiger partial charge in [-0.3, -0.25) is 9.89 Å². The first-order chi connectivity index (χ1) is 8.83. The van der Waals surface area contributed by atoms with E-state index in [0.29, 0.717) is 12.2 Å². The van der Waals surface area contributed by atoms with Gasteiger partial charge in [-0.2, -0.15) is 5.10 Å². The molecule has 2 aromatic heterocycles. The van der Waals surface area contributed by atoms with E-state index in [1.807, 2.05) is 18.2 Å². The maximum atomic E-state index is 11.7. The SMILES string of the molecule is O=C(NCc1ccc2cn[nH]c2c1)c1ccc[nH]1. The molecule has 0 bridgehead atoms. The topological polar surface area (TPSA) is 73.6 Å². The van der Waals surface area contributed by atoms with Gasteiger partial charge >= 0.3 is 0 Å². The number of nitrogens with zero attached hydrogens (tertiary/aromatic N) is 1. The zero-order chi connectivity index (χ0) is 12.4. The van der Waals surface area contributed by atoms with E-state index in [9.17, 15) is 4.79 Å². The molecule has 1 aromatic carbocycles. The van der Waals surface area contributed by atoms with Crippen LogP contribution in [0.1, 0.15) is 16.1 Å². The van der Waals surface area contributed by atoms with Crippen LogP contribution in [0.2, 0.25) is 0 Å². The predicted octanol–water partition coefficient (Wildman–Crippen LogP) is 1.82. The lowest BCUT2D eigenvalue weighted by molar-refractivity contribution is 0.0946. The highest BCUT2D eigenvalue weighted by Gasteiger charge is 2.05. The zero-order valence-corrected chi connectivity index (χ0v) is 9.60. The first kappa shape index (κ1) is 10.6. The van der Waals surface area contributed by atoms with Crippen LogP contribution in [0, 0.1) is 0 Å². The molecule has 1 amide bonds. The number of hydrogen-bond acceptors (Lipinski definition) is 2. The fraction of sp³-hybridized carbons (Fsp3) is 0.0769. The Morgan fingerprint density at radius 1 is 1.33 bits per heavy atom. The summed E-state index contributed by atoms with van der Waals surface area (Å²) >= 11 is 0. The van der Waals surface area contributed by atoms with E-state index in [2.05, 4.69) is 20.5 Å². The van der Waals surface area contributed by atoms with E-state index in [4.69, 9.17) is 0 Å². The fourth-order valence-corrected chi connectivity index (χ4v) is 1.84. The number of aromatic nitrogens is 3. The molecule has 3 rings (SSSR count). The van der Waals surface area contributed by atoms with Crippen molar-refractivity contribution >= 4 is 16.8 Å². The Balaban J connectivity index is 1.71. The summed E-state index contributed by atoms with van der Waals surface area (Å²) in [6.45, 7) is 0.493. The van der Waals surface area contributed by atoms with Crippen LogP contribution in [-0.4, -0.2) is 21.1 Å². The van der Waals surface area contributed by atoms with Crippen molar-refractivity contribution in [1.82, 2.24) is 20.5 Å². The van der Waals surface area contributed by atoms with Gasteiger partial charge in [-0.15, -0.1) is 0 Å². The molecule has 0 aliphatic rings. The monoisotopic (exact) mass is 240 g/mol. The lowest BCUT2D eigenvalue weighted by Crippen LogP contribution is -2.22. The molecular formula is C13H12N4O. The summed E-state index contributed by atoms with van der Waals surface area (Å²) in [6.07, 6.45) is 3.50. The highest BCUT2D eigenvalue weighted by atomic mass is 16.1.